The van der Waals surface area contributed by atoms with Crippen LogP contribution in [-0.2, 0) is 4.79 Å². The Kier molecular flexibility index (Phi) is 5.14. The topological polar surface area (TPSA) is 55.1 Å². The SMILES string of the molecule is C#CCCNC(=O)[C@H](N)C(C)C. The molecule has 0 fully saturated rings. The summed E-state index contributed by atoms with van der Waals surface area (Å²) in [4.78, 5) is 11.2. The second-order valence-corrected chi connectivity index (χ2v) is 3.01. The monoisotopic (exact) mass is 168 g/mol. The third-order valence-electron chi connectivity index (χ3n) is 1.59. The van der Waals surface area contributed by atoms with Gasteiger partial charge in [0.25, 0.3) is 0 Å². The summed E-state index contributed by atoms with van der Waals surface area (Å²) in [5.74, 6) is 2.47. The van der Waals surface area contributed by atoms with E-state index in [-0.39, 0.29) is 11.8 Å². The number of nitrogens with one attached hydrogen (secondary N) is 1. The van der Waals surface area contributed by atoms with Gasteiger partial charge in [0.15, 0.2) is 0 Å². The first-order chi connectivity index (χ1) is 5.59. The van der Waals surface area contributed by atoms with Crippen LogP contribution in [0, 0.1) is 18.3 Å². The Morgan fingerprint density at radius 3 is 2.67 bits per heavy atom. The molecule has 0 saturated heterocycles. The number of hydrogen-bond donors (Lipinski definition) is 2. The Morgan fingerprint density at radius 2 is 2.25 bits per heavy atom. The zero-order valence-electron chi connectivity index (χ0n) is 7.63. The highest BCUT2D eigenvalue weighted by Crippen LogP contribution is 1.97. The number of hydrogen-bond acceptors (Lipinski definition) is 2. The van der Waals surface area contributed by atoms with Crippen LogP contribution in [0.5, 0.6) is 0 Å². The summed E-state index contributed by atoms with van der Waals surface area (Å²) in [6, 6.07) is -0.428. The zero-order valence-corrected chi connectivity index (χ0v) is 7.63. The molecule has 0 aliphatic rings. The minimum atomic E-state index is -0.428. The minimum Gasteiger partial charge on any atom is -0.354 e. The first-order valence-corrected chi connectivity index (χ1v) is 4.06. The number of rotatable bonds is 4. The lowest BCUT2D eigenvalue weighted by molar-refractivity contribution is -0.123. The third-order valence-corrected chi connectivity index (χ3v) is 1.59. The number of nitrogens with two attached hydrogens (primary N) is 1. The normalized spacial score (nSPS) is 12.2. The average molecular weight is 168 g/mol. The molecule has 0 aromatic heterocycles. The molecule has 0 aromatic carbocycles. The molecule has 12 heavy (non-hydrogen) atoms. The van der Waals surface area contributed by atoms with Crippen LogP contribution in [0.4, 0.5) is 0 Å². The average Bonchev–Trinajstić information content (AvgIpc) is 2.03. The van der Waals surface area contributed by atoms with Crippen LogP contribution >= 0.6 is 0 Å². The van der Waals surface area contributed by atoms with Crippen molar-refractivity contribution in [2.24, 2.45) is 11.7 Å². The number of carbonyl (C=O) groups is 1. The Hall–Kier alpha value is -1.01. The molecular weight excluding hydrogens is 152 g/mol. The van der Waals surface area contributed by atoms with Crippen molar-refractivity contribution >= 4 is 5.91 Å². The van der Waals surface area contributed by atoms with Crippen molar-refractivity contribution in [3.05, 3.63) is 0 Å². The van der Waals surface area contributed by atoms with E-state index in [0.717, 1.165) is 0 Å². The summed E-state index contributed by atoms with van der Waals surface area (Å²) >= 11 is 0. The van der Waals surface area contributed by atoms with Crippen LogP contribution < -0.4 is 11.1 Å². The van der Waals surface area contributed by atoms with Gasteiger partial charge in [0.1, 0.15) is 0 Å². The summed E-state index contributed by atoms with van der Waals surface area (Å²) in [6.07, 6.45) is 5.57. The maximum Gasteiger partial charge on any atom is 0.237 e. The smallest absolute Gasteiger partial charge is 0.237 e. The van der Waals surface area contributed by atoms with Gasteiger partial charge < -0.3 is 11.1 Å². The highest BCUT2D eigenvalue weighted by Gasteiger charge is 2.15. The standard InChI is InChI=1S/C9H16N2O/c1-4-5-6-11-9(12)8(10)7(2)3/h1,7-8H,5-6,10H2,2-3H3,(H,11,12)/t8-/m1/s1. The second-order valence-electron chi connectivity index (χ2n) is 3.01. The summed E-state index contributed by atoms with van der Waals surface area (Å²) in [5.41, 5.74) is 5.58. The Bertz CT molecular complexity index is 181. The second kappa shape index (κ2) is 5.62. The fourth-order valence-corrected chi connectivity index (χ4v) is 0.678. The van der Waals surface area contributed by atoms with E-state index in [1.807, 2.05) is 13.8 Å². The van der Waals surface area contributed by atoms with Gasteiger partial charge in [0.05, 0.1) is 6.04 Å². The van der Waals surface area contributed by atoms with Gasteiger partial charge >= 0.3 is 0 Å². The van der Waals surface area contributed by atoms with Gasteiger partial charge in [0, 0.05) is 13.0 Å². The maximum atomic E-state index is 11.2. The van der Waals surface area contributed by atoms with Crippen molar-refractivity contribution in [1.82, 2.24) is 5.32 Å². The lowest BCUT2D eigenvalue weighted by atomic mass is 10.1. The van der Waals surface area contributed by atoms with Gasteiger partial charge in [-0.05, 0) is 5.92 Å². The predicted octanol–water partition coefficient (Wildman–Crippen LogP) is 0.109. The van der Waals surface area contributed by atoms with Crippen molar-refractivity contribution in [1.29, 1.82) is 0 Å². The molecular formula is C9H16N2O. The van der Waals surface area contributed by atoms with Gasteiger partial charge in [-0.3, -0.25) is 4.79 Å². The largest absolute Gasteiger partial charge is 0.354 e. The molecule has 68 valence electrons. The molecule has 0 radical (unpaired) electrons. The van der Waals surface area contributed by atoms with Crippen molar-refractivity contribution in [3.63, 3.8) is 0 Å². The molecule has 0 aromatic rings. The lowest BCUT2D eigenvalue weighted by Crippen LogP contribution is -2.44. The van der Waals surface area contributed by atoms with Gasteiger partial charge in [-0.1, -0.05) is 13.8 Å². The van der Waals surface area contributed by atoms with Crippen LogP contribution in [0.15, 0.2) is 0 Å². The molecule has 0 spiro atoms. The number of amides is 1. The van der Waals surface area contributed by atoms with Crippen LogP contribution in [0.1, 0.15) is 20.3 Å². The van der Waals surface area contributed by atoms with Crippen LogP contribution in [0.3, 0.4) is 0 Å². The third kappa shape index (κ3) is 3.99. The minimum absolute atomic E-state index is 0.125. The molecule has 0 aliphatic carbocycles. The molecule has 1 atom stereocenters. The zero-order chi connectivity index (χ0) is 9.56. The van der Waals surface area contributed by atoms with Gasteiger partial charge in [-0.2, -0.15) is 0 Å². The van der Waals surface area contributed by atoms with E-state index in [9.17, 15) is 4.79 Å². The van der Waals surface area contributed by atoms with Gasteiger partial charge in [-0.25, -0.2) is 0 Å². The Balaban J connectivity index is 3.66. The van der Waals surface area contributed by atoms with Crippen LogP contribution in [0.2, 0.25) is 0 Å². The number of carbonyl (C=O) groups excluding carboxylic acids is 1. The predicted molar refractivity (Wildman–Crippen MR) is 49.3 cm³/mol. The summed E-state index contributed by atoms with van der Waals surface area (Å²) in [7, 11) is 0. The van der Waals surface area contributed by atoms with Crippen molar-refractivity contribution in [2.75, 3.05) is 6.54 Å². The van der Waals surface area contributed by atoms with E-state index < -0.39 is 6.04 Å². The highest BCUT2D eigenvalue weighted by atomic mass is 16.2. The molecule has 3 nitrogen and oxygen atoms in total. The van der Waals surface area contributed by atoms with E-state index >= 15 is 0 Å². The van der Waals surface area contributed by atoms with Crippen LogP contribution in [0.25, 0.3) is 0 Å². The highest BCUT2D eigenvalue weighted by molar-refractivity contribution is 5.81. The molecule has 3 N–H and O–H groups in total. The molecule has 0 heterocycles. The molecule has 0 aliphatic heterocycles. The molecule has 3 heteroatoms. The first-order valence-electron chi connectivity index (χ1n) is 4.06. The summed E-state index contributed by atoms with van der Waals surface area (Å²) < 4.78 is 0. The van der Waals surface area contributed by atoms with Crippen LogP contribution in [-0.4, -0.2) is 18.5 Å². The quantitative estimate of drug-likeness (QED) is 0.462. The van der Waals surface area contributed by atoms with E-state index in [1.54, 1.807) is 0 Å². The maximum absolute atomic E-state index is 11.2. The fraction of sp³-hybridized carbons (Fsp3) is 0.667. The van der Waals surface area contributed by atoms with Crippen molar-refractivity contribution in [2.45, 2.75) is 26.3 Å². The molecule has 1 amide bonds. The Labute approximate surface area is 73.7 Å². The molecule has 0 unspecified atom stereocenters. The van der Waals surface area contributed by atoms with E-state index in [2.05, 4.69) is 11.2 Å². The lowest BCUT2D eigenvalue weighted by Gasteiger charge is -2.14. The van der Waals surface area contributed by atoms with Crippen molar-refractivity contribution < 1.29 is 4.79 Å². The molecule has 0 saturated carbocycles. The van der Waals surface area contributed by atoms with Gasteiger partial charge in [-0.15, -0.1) is 12.3 Å². The number of terminal acetylenes is 1. The van der Waals surface area contributed by atoms with Crippen molar-refractivity contribution in [3.8, 4) is 12.3 Å². The summed E-state index contributed by atoms with van der Waals surface area (Å²) in [6.45, 7) is 4.33. The van der Waals surface area contributed by atoms with E-state index in [0.29, 0.717) is 13.0 Å². The Morgan fingerprint density at radius 1 is 1.67 bits per heavy atom. The fourth-order valence-electron chi connectivity index (χ4n) is 0.678. The summed E-state index contributed by atoms with van der Waals surface area (Å²) in [5, 5.41) is 2.66. The first kappa shape index (κ1) is 11.0. The van der Waals surface area contributed by atoms with E-state index in [1.165, 1.54) is 0 Å². The molecule has 0 bridgehead atoms. The van der Waals surface area contributed by atoms with E-state index in [4.69, 9.17) is 12.2 Å². The van der Waals surface area contributed by atoms with Gasteiger partial charge in [0.2, 0.25) is 5.91 Å². The molecule has 0 rings (SSSR count).